The van der Waals surface area contributed by atoms with E-state index in [1.807, 2.05) is 27.2 Å². The largest absolute Gasteiger partial charge is 0.756 e. The molecule has 0 spiro atoms. The number of phosphoric acid groups is 1. The molecule has 0 heterocycles. The highest BCUT2D eigenvalue weighted by Gasteiger charge is 2.23. The predicted octanol–water partition coefficient (Wildman–Crippen LogP) is 16.5. The van der Waals surface area contributed by atoms with Gasteiger partial charge in [0.15, 0.2) is 0 Å². The van der Waals surface area contributed by atoms with Crippen molar-refractivity contribution in [1.82, 2.24) is 5.32 Å². The molecular weight excluding hydrogens is 852 g/mol. The van der Waals surface area contributed by atoms with Crippen LogP contribution >= 0.6 is 7.82 Å². The summed E-state index contributed by atoms with van der Waals surface area (Å²) in [7, 11) is 1.26. The molecule has 0 bridgehead atoms. The molecule has 0 aliphatic heterocycles. The van der Waals surface area contributed by atoms with Crippen LogP contribution in [0.4, 0.5) is 0 Å². The summed E-state index contributed by atoms with van der Waals surface area (Å²) < 4.78 is 23.3. The van der Waals surface area contributed by atoms with Gasteiger partial charge in [-0.1, -0.05) is 249 Å². The number of unbranched alkanes of at least 4 members (excludes halogenated alkanes) is 33. The van der Waals surface area contributed by atoms with Crippen LogP contribution in [0.5, 0.6) is 0 Å². The molecule has 0 saturated carbocycles. The Morgan fingerprint density at radius 1 is 0.522 bits per heavy atom. The minimum absolute atomic E-state index is 0.00118. The van der Waals surface area contributed by atoms with Crippen LogP contribution in [0.15, 0.2) is 48.6 Å². The highest BCUT2D eigenvalue weighted by atomic mass is 31.2. The number of carbonyl (C=O) groups is 1. The Morgan fingerprint density at radius 3 is 1.25 bits per heavy atom. The first-order chi connectivity index (χ1) is 32.5. The van der Waals surface area contributed by atoms with E-state index in [-0.39, 0.29) is 19.1 Å². The van der Waals surface area contributed by atoms with E-state index >= 15 is 0 Å². The van der Waals surface area contributed by atoms with Gasteiger partial charge in [-0.05, 0) is 57.8 Å². The van der Waals surface area contributed by atoms with E-state index in [4.69, 9.17) is 9.05 Å². The van der Waals surface area contributed by atoms with Gasteiger partial charge in [-0.3, -0.25) is 9.36 Å². The lowest BCUT2D eigenvalue weighted by Gasteiger charge is -2.29. The molecule has 1 amide bonds. The fourth-order valence-corrected chi connectivity index (χ4v) is 9.00. The maximum atomic E-state index is 13.0. The molecule has 3 atom stereocenters. The van der Waals surface area contributed by atoms with E-state index in [1.165, 1.54) is 193 Å². The van der Waals surface area contributed by atoms with Crippen molar-refractivity contribution in [2.45, 2.75) is 276 Å². The lowest BCUT2D eigenvalue weighted by atomic mass is 10.0. The number of amides is 1. The molecule has 0 saturated heterocycles. The zero-order valence-corrected chi connectivity index (χ0v) is 45.7. The van der Waals surface area contributed by atoms with Crippen molar-refractivity contribution in [3.05, 3.63) is 48.6 Å². The summed E-state index contributed by atoms with van der Waals surface area (Å²) in [6.07, 6.45) is 64.6. The van der Waals surface area contributed by atoms with Crippen LogP contribution in [0.1, 0.15) is 264 Å². The number of hydrogen-bond acceptors (Lipinski definition) is 6. The quantitative estimate of drug-likeness (QED) is 0.0272. The van der Waals surface area contributed by atoms with Crippen LogP contribution in [0.25, 0.3) is 0 Å². The molecule has 0 radical (unpaired) electrons. The maximum absolute atomic E-state index is 13.0. The van der Waals surface area contributed by atoms with Crippen LogP contribution in [0.2, 0.25) is 0 Å². The summed E-state index contributed by atoms with van der Waals surface area (Å²) in [5.74, 6) is -0.197. The van der Waals surface area contributed by atoms with Gasteiger partial charge in [-0.2, -0.15) is 0 Å². The van der Waals surface area contributed by atoms with Gasteiger partial charge in [0.25, 0.3) is 7.82 Å². The molecule has 2 N–H and O–H groups in total. The number of rotatable bonds is 52. The van der Waals surface area contributed by atoms with Crippen molar-refractivity contribution in [3.8, 4) is 0 Å². The van der Waals surface area contributed by atoms with Crippen LogP contribution in [0.3, 0.4) is 0 Å². The minimum Gasteiger partial charge on any atom is -0.756 e. The Labute approximate surface area is 416 Å². The summed E-state index contributed by atoms with van der Waals surface area (Å²) in [6.45, 7) is 4.66. The number of allylic oxidation sites excluding steroid dienone is 7. The van der Waals surface area contributed by atoms with E-state index in [9.17, 15) is 19.4 Å². The van der Waals surface area contributed by atoms with Crippen molar-refractivity contribution in [1.29, 1.82) is 0 Å². The molecule has 0 aliphatic carbocycles. The van der Waals surface area contributed by atoms with Gasteiger partial charge in [0.1, 0.15) is 13.2 Å². The molecule has 3 unspecified atom stereocenters. The van der Waals surface area contributed by atoms with Crippen molar-refractivity contribution in [2.24, 2.45) is 0 Å². The standard InChI is InChI=1S/C58H111N2O6P/c1-6-8-10-12-14-16-18-20-22-24-25-26-27-28-29-30-31-32-33-34-35-36-38-40-42-44-46-48-50-52-58(62)59-56(55-66-67(63,64)65-54-53-60(3,4)5)57(61)51-49-47-45-43-41-39-37-23-21-19-17-15-13-11-9-7-2/h18,20,24-25,27-28,49,51,56-57,61H,6-17,19,21-23,26,29-48,50,52-55H2,1-5H3,(H-,59,62,63,64)/b20-18-,25-24-,28-27-,51-49+. The number of aliphatic hydroxyl groups is 1. The Morgan fingerprint density at radius 2 is 0.866 bits per heavy atom. The zero-order chi connectivity index (χ0) is 49.2. The molecule has 0 fully saturated rings. The Bertz CT molecular complexity index is 1230. The highest BCUT2D eigenvalue weighted by Crippen LogP contribution is 2.38. The second-order valence-electron chi connectivity index (χ2n) is 20.6. The summed E-state index contributed by atoms with van der Waals surface area (Å²) >= 11 is 0. The average Bonchev–Trinajstić information content (AvgIpc) is 3.29. The number of hydrogen-bond donors (Lipinski definition) is 2. The average molecular weight is 964 g/mol. The molecule has 8 nitrogen and oxygen atoms in total. The number of likely N-dealkylation sites (N-methyl/N-ethyl adjacent to an activating group) is 1. The third-order valence-corrected chi connectivity index (χ3v) is 13.7. The Hall–Kier alpha value is -1.54. The first kappa shape index (κ1) is 65.5. The summed E-state index contributed by atoms with van der Waals surface area (Å²) in [6, 6.07) is -0.887. The fourth-order valence-electron chi connectivity index (χ4n) is 8.28. The number of nitrogens with zero attached hydrogens (tertiary/aromatic N) is 1. The Kier molecular flexibility index (Phi) is 48.3. The maximum Gasteiger partial charge on any atom is 0.268 e. The van der Waals surface area contributed by atoms with Gasteiger partial charge in [-0.15, -0.1) is 0 Å². The molecule has 0 aliphatic rings. The summed E-state index contributed by atoms with van der Waals surface area (Å²) in [5, 5.41) is 13.9. The lowest BCUT2D eigenvalue weighted by molar-refractivity contribution is -0.870. The highest BCUT2D eigenvalue weighted by molar-refractivity contribution is 7.45. The SMILES string of the molecule is CCCCCCC/C=C\C/C=C\C/C=C\CCCCCCCCCCCCCCCCC(=O)NC(COP(=O)([O-])OCC[N+](C)(C)C)C(O)/C=C/CCCCCCCCCCCCCCCC. The number of aliphatic hydroxyl groups excluding tert-OH is 1. The van der Waals surface area contributed by atoms with Gasteiger partial charge in [0.2, 0.25) is 5.91 Å². The van der Waals surface area contributed by atoms with E-state index < -0.39 is 20.0 Å². The topological polar surface area (TPSA) is 108 Å². The molecule has 0 aromatic rings. The van der Waals surface area contributed by atoms with Crippen molar-refractivity contribution < 1.29 is 32.9 Å². The van der Waals surface area contributed by atoms with E-state index in [0.29, 0.717) is 17.4 Å². The first-order valence-electron chi connectivity index (χ1n) is 28.5. The molecule has 0 rings (SSSR count). The molecule has 0 aromatic heterocycles. The normalized spacial score (nSPS) is 14.3. The monoisotopic (exact) mass is 963 g/mol. The second-order valence-corrected chi connectivity index (χ2v) is 22.1. The van der Waals surface area contributed by atoms with Gasteiger partial charge < -0.3 is 28.8 Å². The molecular formula is C58H111N2O6P. The molecule has 67 heavy (non-hydrogen) atoms. The number of carbonyl (C=O) groups excluding carboxylic acids is 1. The van der Waals surface area contributed by atoms with Crippen LogP contribution in [0, 0.1) is 0 Å². The number of nitrogens with one attached hydrogen (secondary N) is 1. The van der Waals surface area contributed by atoms with Crippen molar-refractivity contribution in [2.75, 3.05) is 40.9 Å². The molecule has 9 heteroatoms. The van der Waals surface area contributed by atoms with Crippen molar-refractivity contribution in [3.63, 3.8) is 0 Å². The van der Waals surface area contributed by atoms with Gasteiger partial charge >= 0.3 is 0 Å². The van der Waals surface area contributed by atoms with Gasteiger partial charge in [0, 0.05) is 6.42 Å². The van der Waals surface area contributed by atoms with Crippen LogP contribution < -0.4 is 10.2 Å². The summed E-state index contributed by atoms with van der Waals surface area (Å²) in [4.78, 5) is 25.5. The van der Waals surface area contributed by atoms with E-state index in [0.717, 1.165) is 51.4 Å². The van der Waals surface area contributed by atoms with E-state index in [1.54, 1.807) is 6.08 Å². The second kappa shape index (κ2) is 49.4. The first-order valence-corrected chi connectivity index (χ1v) is 30.0. The lowest BCUT2D eigenvalue weighted by Crippen LogP contribution is -2.45. The third kappa shape index (κ3) is 52.1. The minimum atomic E-state index is -4.59. The summed E-state index contributed by atoms with van der Waals surface area (Å²) in [5.41, 5.74) is 0. The van der Waals surface area contributed by atoms with Crippen molar-refractivity contribution >= 4 is 13.7 Å². The van der Waals surface area contributed by atoms with Gasteiger partial charge in [-0.25, -0.2) is 0 Å². The number of quaternary nitrogens is 1. The fraction of sp³-hybridized carbons (Fsp3) is 0.845. The van der Waals surface area contributed by atoms with Crippen LogP contribution in [-0.2, 0) is 18.4 Å². The molecule has 394 valence electrons. The zero-order valence-electron chi connectivity index (χ0n) is 44.9. The van der Waals surface area contributed by atoms with E-state index in [2.05, 4.69) is 55.6 Å². The number of phosphoric ester groups is 1. The third-order valence-electron chi connectivity index (χ3n) is 12.8. The molecule has 0 aromatic carbocycles. The van der Waals surface area contributed by atoms with Gasteiger partial charge in [0.05, 0.1) is 39.9 Å². The smallest absolute Gasteiger partial charge is 0.268 e. The van der Waals surface area contributed by atoms with Crippen LogP contribution in [-0.4, -0.2) is 68.5 Å². The predicted molar refractivity (Wildman–Crippen MR) is 288 cm³/mol. The Balaban J connectivity index is 4.15.